The molecule has 1 N–H and O–H groups in total. The minimum absolute atomic E-state index is 0.0230. The molecular weight excluding hydrogens is 349 g/mol. The van der Waals surface area contributed by atoms with Gasteiger partial charge in [-0.15, -0.1) is 0 Å². The van der Waals surface area contributed by atoms with Crippen LogP contribution in [0, 0.1) is 5.92 Å². The maximum Gasteiger partial charge on any atom is 0.416 e. The number of benzene rings is 1. The van der Waals surface area contributed by atoms with E-state index in [1.807, 2.05) is 0 Å². The minimum Gasteiger partial charge on any atom is -0.338 e. The first-order valence-corrected chi connectivity index (χ1v) is 7.96. The van der Waals surface area contributed by atoms with Crippen LogP contribution >= 0.6 is 0 Å². The van der Waals surface area contributed by atoms with Crippen molar-refractivity contribution < 1.29 is 22.8 Å². The number of rotatable bonds is 4. The molecule has 1 aliphatic heterocycles. The van der Waals surface area contributed by atoms with Gasteiger partial charge >= 0.3 is 6.18 Å². The number of amides is 2. The Morgan fingerprint density at radius 1 is 1.38 bits per heavy atom. The Morgan fingerprint density at radius 2 is 2.15 bits per heavy atom. The van der Waals surface area contributed by atoms with Crippen molar-refractivity contribution in [2.24, 2.45) is 13.0 Å². The zero-order chi connectivity index (χ0) is 18.9. The van der Waals surface area contributed by atoms with E-state index < -0.39 is 17.7 Å². The Hall–Kier alpha value is -2.84. The topological polar surface area (TPSA) is 67.2 Å². The van der Waals surface area contributed by atoms with E-state index in [0.717, 1.165) is 12.1 Å². The van der Waals surface area contributed by atoms with Crippen LogP contribution in [0.4, 0.5) is 19.1 Å². The number of halogens is 3. The lowest BCUT2D eigenvalue weighted by molar-refractivity contribution is -0.137. The number of hydrogen-bond acceptors (Lipinski definition) is 3. The molecule has 1 aromatic carbocycles. The normalized spacial score (nSPS) is 17.6. The van der Waals surface area contributed by atoms with Crippen LogP contribution in [0.2, 0.25) is 0 Å². The van der Waals surface area contributed by atoms with Crippen LogP contribution in [-0.4, -0.2) is 32.8 Å². The first kappa shape index (κ1) is 18.0. The third-order valence-corrected chi connectivity index (χ3v) is 4.27. The quantitative estimate of drug-likeness (QED) is 0.904. The first-order chi connectivity index (χ1) is 12.2. The molecule has 1 fully saturated rings. The largest absolute Gasteiger partial charge is 0.416 e. The summed E-state index contributed by atoms with van der Waals surface area (Å²) in [7, 11) is 1.72. The standard InChI is InChI=1S/C17H17F3N4O2/c1-23-6-5-21-16(23)22-15(26)12-8-14(25)24(10-12)9-11-3-2-4-13(7-11)17(18,19)20/h2-7,12H,8-10H2,1H3,(H,21,22,26). The molecule has 0 bridgehead atoms. The van der Waals surface area contributed by atoms with E-state index in [2.05, 4.69) is 10.3 Å². The molecule has 2 aromatic rings. The molecule has 0 radical (unpaired) electrons. The van der Waals surface area contributed by atoms with Crippen LogP contribution < -0.4 is 5.32 Å². The van der Waals surface area contributed by atoms with Crippen LogP contribution in [0.3, 0.4) is 0 Å². The number of aromatic nitrogens is 2. The molecular formula is C17H17F3N4O2. The number of carbonyl (C=O) groups excluding carboxylic acids is 2. The Labute approximate surface area is 147 Å². The van der Waals surface area contributed by atoms with Crippen LogP contribution in [0.5, 0.6) is 0 Å². The number of anilines is 1. The van der Waals surface area contributed by atoms with Crippen molar-refractivity contribution in [2.45, 2.75) is 19.1 Å². The highest BCUT2D eigenvalue weighted by Crippen LogP contribution is 2.30. The fourth-order valence-electron chi connectivity index (χ4n) is 2.87. The second kappa shape index (κ2) is 6.81. The Morgan fingerprint density at radius 3 is 2.81 bits per heavy atom. The van der Waals surface area contributed by atoms with Gasteiger partial charge in [-0.2, -0.15) is 13.2 Å². The number of hydrogen-bond donors (Lipinski definition) is 1. The molecule has 0 spiro atoms. The van der Waals surface area contributed by atoms with E-state index in [4.69, 9.17) is 0 Å². The van der Waals surface area contributed by atoms with Gasteiger partial charge in [0, 0.05) is 39.0 Å². The predicted octanol–water partition coefficient (Wildman–Crippen LogP) is 2.43. The van der Waals surface area contributed by atoms with Crippen molar-refractivity contribution >= 4 is 17.8 Å². The minimum atomic E-state index is -4.44. The molecule has 138 valence electrons. The SMILES string of the molecule is Cn1ccnc1NC(=O)C1CC(=O)N(Cc2cccc(C(F)(F)F)c2)C1. The highest BCUT2D eigenvalue weighted by molar-refractivity contribution is 5.96. The molecule has 1 aromatic heterocycles. The average Bonchev–Trinajstić information content (AvgIpc) is 3.13. The van der Waals surface area contributed by atoms with Crippen molar-refractivity contribution in [3.8, 4) is 0 Å². The van der Waals surface area contributed by atoms with E-state index in [1.54, 1.807) is 17.8 Å². The van der Waals surface area contributed by atoms with Gasteiger partial charge in [0.05, 0.1) is 11.5 Å². The van der Waals surface area contributed by atoms with Gasteiger partial charge in [0.15, 0.2) is 0 Å². The lowest BCUT2D eigenvalue weighted by atomic mass is 10.1. The number of alkyl halides is 3. The van der Waals surface area contributed by atoms with Gasteiger partial charge in [0.2, 0.25) is 17.8 Å². The fraction of sp³-hybridized carbons (Fsp3) is 0.353. The van der Waals surface area contributed by atoms with Crippen LogP contribution in [0.15, 0.2) is 36.7 Å². The highest BCUT2D eigenvalue weighted by atomic mass is 19.4. The van der Waals surface area contributed by atoms with Gasteiger partial charge in [-0.05, 0) is 17.7 Å². The average molecular weight is 366 g/mol. The van der Waals surface area contributed by atoms with Crippen molar-refractivity contribution in [1.82, 2.24) is 14.5 Å². The highest BCUT2D eigenvalue weighted by Gasteiger charge is 2.35. The van der Waals surface area contributed by atoms with Gasteiger partial charge in [0.25, 0.3) is 0 Å². The second-order valence-corrected chi connectivity index (χ2v) is 6.22. The summed E-state index contributed by atoms with van der Waals surface area (Å²) in [6.07, 6.45) is -1.20. The molecule has 26 heavy (non-hydrogen) atoms. The number of likely N-dealkylation sites (tertiary alicyclic amines) is 1. The third kappa shape index (κ3) is 3.87. The third-order valence-electron chi connectivity index (χ3n) is 4.27. The molecule has 1 aliphatic rings. The number of aryl methyl sites for hydroxylation is 1. The smallest absolute Gasteiger partial charge is 0.338 e. The van der Waals surface area contributed by atoms with Crippen molar-refractivity contribution in [2.75, 3.05) is 11.9 Å². The van der Waals surface area contributed by atoms with Gasteiger partial charge in [-0.3, -0.25) is 14.9 Å². The molecule has 1 saturated heterocycles. The van der Waals surface area contributed by atoms with Crippen molar-refractivity contribution in [3.63, 3.8) is 0 Å². The summed E-state index contributed by atoms with van der Waals surface area (Å²) in [4.78, 5) is 29.8. The van der Waals surface area contributed by atoms with Crippen LogP contribution in [0.25, 0.3) is 0 Å². The Balaban J connectivity index is 1.65. The lowest BCUT2D eigenvalue weighted by Crippen LogP contribution is -2.28. The first-order valence-electron chi connectivity index (χ1n) is 7.96. The van der Waals surface area contributed by atoms with Gasteiger partial charge in [0.1, 0.15) is 0 Å². The predicted molar refractivity (Wildman–Crippen MR) is 86.8 cm³/mol. The number of nitrogens with one attached hydrogen (secondary N) is 1. The van der Waals surface area contributed by atoms with E-state index in [0.29, 0.717) is 11.5 Å². The Kier molecular flexibility index (Phi) is 4.71. The molecule has 1 unspecified atom stereocenters. The maximum absolute atomic E-state index is 12.8. The van der Waals surface area contributed by atoms with E-state index in [1.165, 1.54) is 23.2 Å². The number of nitrogens with zero attached hydrogens (tertiary/aromatic N) is 3. The van der Waals surface area contributed by atoms with E-state index in [-0.39, 0.29) is 31.3 Å². The molecule has 6 nitrogen and oxygen atoms in total. The van der Waals surface area contributed by atoms with Crippen LogP contribution in [-0.2, 0) is 29.4 Å². The number of imidazole rings is 1. The lowest BCUT2D eigenvalue weighted by Gasteiger charge is -2.17. The van der Waals surface area contributed by atoms with Gasteiger partial charge < -0.3 is 9.47 Å². The molecule has 2 heterocycles. The zero-order valence-electron chi connectivity index (χ0n) is 14.0. The summed E-state index contributed by atoms with van der Waals surface area (Å²) in [5, 5.41) is 2.65. The Bertz CT molecular complexity index is 831. The van der Waals surface area contributed by atoms with Gasteiger partial charge in [-0.1, -0.05) is 12.1 Å². The van der Waals surface area contributed by atoms with E-state index >= 15 is 0 Å². The van der Waals surface area contributed by atoms with Crippen molar-refractivity contribution in [3.05, 3.63) is 47.8 Å². The van der Waals surface area contributed by atoms with Crippen LogP contribution in [0.1, 0.15) is 17.5 Å². The number of carbonyl (C=O) groups is 2. The van der Waals surface area contributed by atoms with Crippen molar-refractivity contribution in [1.29, 1.82) is 0 Å². The summed E-state index contributed by atoms with van der Waals surface area (Å²) in [5.74, 6) is -0.787. The summed E-state index contributed by atoms with van der Waals surface area (Å²) >= 11 is 0. The van der Waals surface area contributed by atoms with Gasteiger partial charge in [-0.25, -0.2) is 4.98 Å². The summed E-state index contributed by atoms with van der Waals surface area (Å²) in [6, 6.07) is 4.85. The fourth-order valence-corrected chi connectivity index (χ4v) is 2.87. The molecule has 0 aliphatic carbocycles. The molecule has 2 amide bonds. The summed E-state index contributed by atoms with van der Waals surface area (Å²) in [5.41, 5.74) is -0.385. The summed E-state index contributed by atoms with van der Waals surface area (Å²) < 4.78 is 40.0. The van der Waals surface area contributed by atoms with E-state index in [9.17, 15) is 22.8 Å². The summed E-state index contributed by atoms with van der Waals surface area (Å²) in [6.45, 7) is 0.195. The molecule has 9 heteroatoms. The molecule has 0 saturated carbocycles. The molecule has 3 rings (SSSR count). The monoisotopic (exact) mass is 366 g/mol. The second-order valence-electron chi connectivity index (χ2n) is 6.22. The zero-order valence-corrected chi connectivity index (χ0v) is 14.0. The maximum atomic E-state index is 12.8. The molecule has 1 atom stereocenters.